The number of aryl methyl sites for hydroxylation is 1. The van der Waals surface area contributed by atoms with Crippen LogP contribution in [-0.4, -0.2) is 29.7 Å². The Labute approximate surface area is 225 Å². The lowest BCUT2D eigenvalue weighted by molar-refractivity contribution is -0.141. The van der Waals surface area contributed by atoms with Crippen LogP contribution in [0.3, 0.4) is 0 Å². The fourth-order valence-electron chi connectivity index (χ4n) is 4.79. The number of rotatable bonds is 6. The van der Waals surface area contributed by atoms with Crippen molar-refractivity contribution in [1.29, 1.82) is 0 Å². The van der Waals surface area contributed by atoms with Crippen LogP contribution in [0.1, 0.15) is 46.3 Å². The number of pyridine rings is 2. The lowest BCUT2D eigenvalue weighted by atomic mass is 9.83. The van der Waals surface area contributed by atoms with Crippen LogP contribution < -0.4 is 0 Å². The van der Waals surface area contributed by atoms with Gasteiger partial charge in [-0.3, -0.25) is 4.98 Å². The summed E-state index contributed by atoms with van der Waals surface area (Å²) in [6.45, 7) is 0.697. The summed E-state index contributed by atoms with van der Waals surface area (Å²) in [5, 5.41) is 23.5. The van der Waals surface area contributed by atoms with E-state index in [0.717, 1.165) is 18.3 Å². The molecule has 0 amide bonds. The zero-order valence-electron chi connectivity index (χ0n) is 21.3. The molecule has 0 radical (unpaired) electrons. The maximum atomic E-state index is 14.7. The summed E-state index contributed by atoms with van der Waals surface area (Å²) >= 11 is 0. The molecule has 2 N–H and O–H groups in total. The van der Waals surface area contributed by atoms with E-state index in [9.17, 15) is 32.2 Å². The Kier molecular flexibility index (Phi) is 6.57. The molecule has 0 aliphatic carbocycles. The maximum absolute atomic E-state index is 14.7. The summed E-state index contributed by atoms with van der Waals surface area (Å²) in [5.41, 5.74) is -2.83. The third kappa shape index (κ3) is 4.77. The first kappa shape index (κ1) is 27.2. The van der Waals surface area contributed by atoms with E-state index in [-0.39, 0.29) is 39.7 Å². The van der Waals surface area contributed by atoms with Crippen molar-refractivity contribution in [2.75, 3.05) is 0 Å². The van der Waals surface area contributed by atoms with Gasteiger partial charge in [0.1, 0.15) is 17.1 Å². The van der Waals surface area contributed by atoms with Crippen molar-refractivity contribution in [2.24, 2.45) is 7.05 Å². The minimum atomic E-state index is -4.68. The molecule has 40 heavy (non-hydrogen) atoms. The Morgan fingerprint density at radius 2 is 1.60 bits per heavy atom. The van der Waals surface area contributed by atoms with Crippen LogP contribution in [0.15, 0.2) is 79.4 Å². The standard InChI is InChI=1S/C29H23F5N4O2/c1-27(30,31)26-21(12-17-6-4-3-5-7-17)25(39)20-13-18(8-10-22(20)37-26)28(40,24-15-35-16-38(24)2)19-9-11-23(36-14-19)29(32,33)34/h3-11,13-16,40H,12H2,1-2H3,(H,37,39). The average Bonchev–Trinajstić information content (AvgIpc) is 3.35. The SMILES string of the molecule is Cn1cncc1C(O)(c1ccc(C(F)(F)F)nc1)c1ccc2nc(C(C)(F)F)c(Cc3ccccc3)c(O)c2c1. The van der Waals surface area contributed by atoms with Gasteiger partial charge in [0.05, 0.1) is 23.7 Å². The first-order valence-corrected chi connectivity index (χ1v) is 12.1. The molecule has 3 aromatic heterocycles. The van der Waals surface area contributed by atoms with Crippen molar-refractivity contribution in [3.05, 3.63) is 119 Å². The van der Waals surface area contributed by atoms with E-state index in [1.165, 1.54) is 35.3 Å². The topological polar surface area (TPSA) is 84.1 Å². The first-order valence-electron chi connectivity index (χ1n) is 12.1. The van der Waals surface area contributed by atoms with Gasteiger partial charge in [0.2, 0.25) is 0 Å². The van der Waals surface area contributed by atoms with E-state index >= 15 is 0 Å². The van der Waals surface area contributed by atoms with E-state index in [4.69, 9.17) is 0 Å². The number of alkyl halides is 5. The van der Waals surface area contributed by atoms with Crippen molar-refractivity contribution in [3.63, 3.8) is 0 Å². The molecule has 0 bridgehead atoms. The molecule has 1 atom stereocenters. The molecule has 0 spiro atoms. The minimum absolute atomic E-state index is 0.00267. The number of aliphatic hydroxyl groups is 1. The van der Waals surface area contributed by atoms with Crippen molar-refractivity contribution >= 4 is 10.9 Å². The van der Waals surface area contributed by atoms with Gasteiger partial charge in [0, 0.05) is 43.1 Å². The molecule has 5 rings (SSSR count). The number of halogens is 5. The molecule has 0 aliphatic heterocycles. The lowest BCUT2D eigenvalue weighted by Crippen LogP contribution is -2.31. The van der Waals surface area contributed by atoms with Crippen LogP contribution in [0.4, 0.5) is 22.0 Å². The second-order valence-electron chi connectivity index (χ2n) is 9.60. The fraction of sp³-hybridized carbons (Fsp3) is 0.207. The third-order valence-electron chi connectivity index (χ3n) is 6.77. The lowest BCUT2D eigenvalue weighted by Gasteiger charge is -2.30. The number of aromatic nitrogens is 4. The highest BCUT2D eigenvalue weighted by atomic mass is 19.4. The number of fused-ring (bicyclic) bond motifs is 1. The minimum Gasteiger partial charge on any atom is -0.507 e. The van der Waals surface area contributed by atoms with Crippen LogP contribution in [-0.2, 0) is 31.2 Å². The van der Waals surface area contributed by atoms with Gasteiger partial charge in [-0.25, -0.2) is 9.97 Å². The number of nitrogens with zero attached hydrogens (tertiary/aromatic N) is 4. The predicted molar refractivity (Wildman–Crippen MR) is 137 cm³/mol. The van der Waals surface area contributed by atoms with Gasteiger partial charge in [-0.15, -0.1) is 0 Å². The highest BCUT2D eigenvalue weighted by molar-refractivity contribution is 5.88. The molecule has 5 aromatic rings. The molecule has 3 heterocycles. The second-order valence-corrected chi connectivity index (χ2v) is 9.60. The van der Waals surface area contributed by atoms with Gasteiger partial charge >= 0.3 is 6.18 Å². The first-order chi connectivity index (χ1) is 18.8. The van der Waals surface area contributed by atoms with Crippen molar-refractivity contribution in [2.45, 2.75) is 31.0 Å². The van der Waals surface area contributed by atoms with Crippen LogP contribution in [0.2, 0.25) is 0 Å². The van der Waals surface area contributed by atoms with Crippen molar-refractivity contribution < 1.29 is 32.2 Å². The number of benzene rings is 2. The molecule has 6 nitrogen and oxygen atoms in total. The van der Waals surface area contributed by atoms with Gasteiger partial charge in [0.25, 0.3) is 5.92 Å². The van der Waals surface area contributed by atoms with E-state index in [1.54, 1.807) is 37.4 Å². The van der Waals surface area contributed by atoms with Crippen LogP contribution in [0, 0.1) is 0 Å². The molecule has 0 saturated carbocycles. The van der Waals surface area contributed by atoms with Gasteiger partial charge in [-0.05, 0) is 29.3 Å². The summed E-state index contributed by atoms with van der Waals surface area (Å²) < 4.78 is 70.3. The van der Waals surface area contributed by atoms with Crippen molar-refractivity contribution in [1.82, 2.24) is 19.5 Å². The second kappa shape index (κ2) is 9.67. The molecule has 11 heteroatoms. The fourth-order valence-corrected chi connectivity index (χ4v) is 4.79. The van der Waals surface area contributed by atoms with E-state index in [1.807, 2.05) is 0 Å². The maximum Gasteiger partial charge on any atom is 0.433 e. The van der Waals surface area contributed by atoms with Gasteiger partial charge in [-0.2, -0.15) is 22.0 Å². The largest absolute Gasteiger partial charge is 0.507 e. The number of aromatic hydroxyl groups is 1. The normalized spacial score (nSPS) is 13.9. The van der Waals surface area contributed by atoms with Gasteiger partial charge in [0.15, 0.2) is 5.60 Å². The predicted octanol–water partition coefficient (Wildman–Crippen LogP) is 6.07. The summed E-state index contributed by atoms with van der Waals surface area (Å²) in [6.07, 6.45) is -1.04. The zero-order chi connectivity index (χ0) is 28.9. The summed E-state index contributed by atoms with van der Waals surface area (Å²) in [4.78, 5) is 11.7. The Hall–Kier alpha value is -4.38. The summed E-state index contributed by atoms with van der Waals surface area (Å²) in [7, 11) is 1.60. The number of imidazole rings is 1. The van der Waals surface area contributed by atoms with Crippen LogP contribution >= 0.6 is 0 Å². The summed E-state index contributed by atoms with van der Waals surface area (Å²) in [6, 6.07) is 14.7. The Bertz CT molecular complexity index is 1680. The monoisotopic (exact) mass is 554 g/mol. The Balaban J connectivity index is 1.74. The highest BCUT2D eigenvalue weighted by Crippen LogP contribution is 2.42. The summed E-state index contributed by atoms with van der Waals surface area (Å²) in [5.74, 6) is -3.80. The highest BCUT2D eigenvalue weighted by Gasteiger charge is 2.40. The number of hydrogen-bond acceptors (Lipinski definition) is 5. The molecule has 0 aliphatic rings. The van der Waals surface area contributed by atoms with Crippen LogP contribution in [0.25, 0.3) is 10.9 Å². The smallest absolute Gasteiger partial charge is 0.433 e. The molecular weight excluding hydrogens is 531 g/mol. The van der Waals surface area contributed by atoms with E-state index < -0.39 is 34.8 Å². The van der Waals surface area contributed by atoms with Crippen molar-refractivity contribution in [3.8, 4) is 5.75 Å². The van der Waals surface area contributed by atoms with Crippen LogP contribution in [0.5, 0.6) is 5.75 Å². The number of hydrogen-bond donors (Lipinski definition) is 2. The van der Waals surface area contributed by atoms with Gasteiger partial charge < -0.3 is 14.8 Å². The van der Waals surface area contributed by atoms with Gasteiger partial charge in [-0.1, -0.05) is 42.5 Å². The molecule has 1 unspecified atom stereocenters. The molecular formula is C29H23F5N4O2. The molecule has 206 valence electrons. The molecule has 2 aromatic carbocycles. The zero-order valence-corrected chi connectivity index (χ0v) is 21.3. The third-order valence-corrected chi connectivity index (χ3v) is 6.77. The average molecular weight is 555 g/mol. The Morgan fingerprint density at radius 1 is 0.900 bits per heavy atom. The van der Waals surface area contributed by atoms with E-state index in [0.29, 0.717) is 12.5 Å². The molecule has 0 fully saturated rings. The Morgan fingerprint density at radius 3 is 2.17 bits per heavy atom. The molecule has 0 saturated heterocycles. The quantitative estimate of drug-likeness (QED) is 0.249. The van der Waals surface area contributed by atoms with E-state index in [2.05, 4.69) is 15.0 Å².